The van der Waals surface area contributed by atoms with Gasteiger partial charge in [-0.1, -0.05) is 22.0 Å². The maximum atomic E-state index is 13.3. The number of aryl methyl sites for hydroxylation is 1. The monoisotopic (exact) mass is 327 g/mol. The summed E-state index contributed by atoms with van der Waals surface area (Å²) in [7, 11) is 1.91. The van der Waals surface area contributed by atoms with Crippen molar-refractivity contribution in [3.8, 4) is 0 Å². The summed E-state index contributed by atoms with van der Waals surface area (Å²) < 4.78 is 14.3. The van der Waals surface area contributed by atoms with Gasteiger partial charge < -0.3 is 5.32 Å². The second-order valence-electron chi connectivity index (χ2n) is 4.13. The topological polar surface area (TPSA) is 12.0 Å². The summed E-state index contributed by atoms with van der Waals surface area (Å²) in [4.78, 5) is 1.36. The van der Waals surface area contributed by atoms with Crippen molar-refractivity contribution in [1.82, 2.24) is 5.32 Å². The maximum absolute atomic E-state index is 13.3. The highest BCUT2D eigenvalue weighted by Crippen LogP contribution is 2.28. The third-order valence-electron chi connectivity index (χ3n) is 2.94. The first-order chi connectivity index (χ1) is 8.70. The second-order valence-corrected chi connectivity index (χ2v) is 6.01. The van der Waals surface area contributed by atoms with Crippen LogP contribution < -0.4 is 5.32 Å². The predicted molar refractivity (Wildman–Crippen MR) is 78.5 cm³/mol. The molecule has 1 heterocycles. The van der Waals surface area contributed by atoms with Crippen molar-refractivity contribution < 1.29 is 4.39 Å². The van der Waals surface area contributed by atoms with E-state index in [1.165, 1.54) is 10.9 Å². The Kier molecular flexibility index (Phi) is 4.92. The standard InChI is InChI=1S/C14H15BrFNS/c1-17-14(7-5-11-3-2-8-18-11)12-9-10(16)4-6-13(12)15/h2-4,6,8-9,14,17H,5,7H2,1H3. The Hall–Kier alpha value is -0.710. The molecule has 0 aliphatic rings. The Morgan fingerprint density at radius 2 is 2.22 bits per heavy atom. The zero-order chi connectivity index (χ0) is 13.0. The molecule has 18 heavy (non-hydrogen) atoms. The van der Waals surface area contributed by atoms with Gasteiger partial charge in [-0.3, -0.25) is 0 Å². The Morgan fingerprint density at radius 1 is 1.39 bits per heavy atom. The van der Waals surface area contributed by atoms with Crippen LogP contribution >= 0.6 is 27.3 Å². The van der Waals surface area contributed by atoms with Crippen molar-refractivity contribution in [2.75, 3.05) is 7.05 Å². The zero-order valence-electron chi connectivity index (χ0n) is 10.1. The van der Waals surface area contributed by atoms with E-state index in [2.05, 4.69) is 38.8 Å². The highest BCUT2D eigenvalue weighted by Gasteiger charge is 2.13. The summed E-state index contributed by atoms with van der Waals surface area (Å²) in [6, 6.07) is 9.20. The molecule has 1 N–H and O–H groups in total. The molecule has 2 rings (SSSR count). The average Bonchev–Trinajstić information content (AvgIpc) is 2.87. The smallest absolute Gasteiger partial charge is 0.123 e. The number of rotatable bonds is 5. The molecular formula is C14H15BrFNS. The summed E-state index contributed by atoms with van der Waals surface area (Å²) in [5.74, 6) is -0.190. The molecule has 0 bridgehead atoms. The number of benzene rings is 1. The van der Waals surface area contributed by atoms with Crippen LogP contribution in [0.3, 0.4) is 0 Å². The Labute approximate surface area is 119 Å². The van der Waals surface area contributed by atoms with Crippen LogP contribution in [-0.4, -0.2) is 7.05 Å². The maximum Gasteiger partial charge on any atom is 0.123 e. The van der Waals surface area contributed by atoms with Gasteiger partial charge in [0.05, 0.1) is 0 Å². The summed E-state index contributed by atoms with van der Waals surface area (Å²) in [5.41, 5.74) is 0.981. The van der Waals surface area contributed by atoms with E-state index >= 15 is 0 Å². The van der Waals surface area contributed by atoms with Crippen LogP contribution in [0.1, 0.15) is 22.9 Å². The van der Waals surface area contributed by atoms with E-state index in [1.807, 2.05) is 7.05 Å². The average molecular weight is 328 g/mol. The van der Waals surface area contributed by atoms with Gasteiger partial charge in [0.25, 0.3) is 0 Å². The molecule has 96 valence electrons. The number of thiophene rings is 1. The lowest BCUT2D eigenvalue weighted by Crippen LogP contribution is -2.17. The quantitative estimate of drug-likeness (QED) is 0.849. The van der Waals surface area contributed by atoms with Crippen molar-refractivity contribution in [3.63, 3.8) is 0 Å². The molecular weight excluding hydrogens is 313 g/mol. The van der Waals surface area contributed by atoms with Crippen LogP contribution in [0.15, 0.2) is 40.2 Å². The highest BCUT2D eigenvalue weighted by atomic mass is 79.9. The molecule has 0 radical (unpaired) electrons. The summed E-state index contributed by atoms with van der Waals surface area (Å²) >= 11 is 5.25. The van der Waals surface area contributed by atoms with Crippen LogP contribution in [0.2, 0.25) is 0 Å². The summed E-state index contributed by atoms with van der Waals surface area (Å²) in [6.07, 6.45) is 1.96. The Bertz CT molecular complexity index is 499. The molecule has 1 nitrogen and oxygen atoms in total. The third-order valence-corrected chi connectivity index (χ3v) is 4.60. The molecule has 1 unspecified atom stereocenters. The van der Waals surface area contributed by atoms with Crippen molar-refractivity contribution in [1.29, 1.82) is 0 Å². The molecule has 1 aromatic carbocycles. The van der Waals surface area contributed by atoms with Gasteiger partial charge in [-0.15, -0.1) is 11.3 Å². The lowest BCUT2D eigenvalue weighted by molar-refractivity contribution is 0.542. The van der Waals surface area contributed by atoms with E-state index in [0.717, 1.165) is 22.9 Å². The minimum absolute atomic E-state index is 0.164. The van der Waals surface area contributed by atoms with Gasteiger partial charge in [-0.25, -0.2) is 4.39 Å². The van der Waals surface area contributed by atoms with Crippen LogP contribution in [0, 0.1) is 5.82 Å². The van der Waals surface area contributed by atoms with Crippen LogP contribution in [0.25, 0.3) is 0 Å². The zero-order valence-corrected chi connectivity index (χ0v) is 12.5. The minimum Gasteiger partial charge on any atom is -0.313 e. The van der Waals surface area contributed by atoms with Gasteiger partial charge in [-0.2, -0.15) is 0 Å². The van der Waals surface area contributed by atoms with E-state index in [4.69, 9.17) is 0 Å². The van der Waals surface area contributed by atoms with Crippen LogP contribution in [0.4, 0.5) is 4.39 Å². The lowest BCUT2D eigenvalue weighted by atomic mass is 10.0. The van der Waals surface area contributed by atoms with Gasteiger partial charge in [0.2, 0.25) is 0 Å². The van der Waals surface area contributed by atoms with Gasteiger partial charge in [0.15, 0.2) is 0 Å². The molecule has 1 atom stereocenters. The van der Waals surface area contributed by atoms with Crippen LogP contribution in [-0.2, 0) is 6.42 Å². The fourth-order valence-electron chi connectivity index (χ4n) is 1.98. The molecule has 0 spiro atoms. The first kappa shape index (κ1) is 13.7. The first-order valence-corrected chi connectivity index (χ1v) is 7.52. The molecule has 0 fully saturated rings. The first-order valence-electron chi connectivity index (χ1n) is 5.85. The molecule has 0 aliphatic heterocycles. The fraction of sp³-hybridized carbons (Fsp3) is 0.286. The summed E-state index contributed by atoms with van der Waals surface area (Å²) in [6.45, 7) is 0. The number of hydrogen-bond donors (Lipinski definition) is 1. The van der Waals surface area contributed by atoms with E-state index in [-0.39, 0.29) is 11.9 Å². The summed E-state index contributed by atoms with van der Waals surface area (Å²) in [5, 5.41) is 5.34. The molecule has 1 aromatic heterocycles. The highest BCUT2D eigenvalue weighted by molar-refractivity contribution is 9.10. The van der Waals surface area contributed by atoms with Crippen LogP contribution in [0.5, 0.6) is 0 Å². The number of hydrogen-bond acceptors (Lipinski definition) is 2. The molecule has 0 saturated heterocycles. The predicted octanol–water partition coefficient (Wildman–Crippen LogP) is 4.54. The van der Waals surface area contributed by atoms with Gasteiger partial charge in [-0.05, 0) is 55.1 Å². The minimum atomic E-state index is -0.190. The van der Waals surface area contributed by atoms with Crippen molar-refractivity contribution in [3.05, 3.63) is 56.4 Å². The Morgan fingerprint density at radius 3 is 2.89 bits per heavy atom. The van der Waals surface area contributed by atoms with Gasteiger partial charge >= 0.3 is 0 Å². The SMILES string of the molecule is CNC(CCc1cccs1)c1cc(F)ccc1Br. The molecule has 2 aromatic rings. The van der Waals surface area contributed by atoms with E-state index in [9.17, 15) is 4.39 Å². The van der Waals surface area contributed by atoms with E-state index in [1.54, 1.807) is 23.5 Å². The number of nitrogens with one attached hydrogen (secondary N) is 1. The van der Waals surface area contributed by atoms with Crippen molar-refractivity contribution in [2.24, 2.45) is 0 Å². The van der Waals surface area contributed by atoms with E-state index in [0.29, 0.717) is 0 Å². The van der Waals surface area contributed by atoms with Crippen molar-refractivity contribution in [2.45, 2.75) is 18.9 Å². The van der Waals surface area contributed by atoms with Gasteiger partial charge in [0, 0.05) is 15.4 Å². The number of halogens is 2. The van der Waals surface area contributed by atoms with E-state index < -0.39 is 0 Å². The van der Waals surface area contributed by atoms with Crippen molar-refractivity contribution >= 4 is 27.3 Å². The molecule has 0 amide bonds. The Balaban J connectivity index is 2.10. The normalized spacial score (nSPS) is 12.6. The fourth-order valence-corrected chi connectivity index (χ4v) is 3.23. The lowest BCUT2D eigenvalue weighted by Gasteiger charge is -2.18. The largest absolute Gasteiger partial charge is 0.313 e. The molecule has 4 heteroatoms. The second kappa shape index (κ2) is 6.45. The molecule has 0 aliphatic carbocycles. The molecule has 0 saturated carbocycles. The third kappa shape index (κ3) is 3.40. The van der Waals surface area contributed by atoms with Gasteiger partial charge in [0.1, 0.15) is 5.82 Å².